The van der Waals surface area contributed by atoms with Crippen LogP contribution in [0.3, 0.4) is 0 Å². The number of amides is 1. The highest BCUT2D eigenvalue weighted by molar-refractivity contribution is 9.10. The van der Waals surface area contributed by atoms with Gasteiger partial charge in [0.25, 0.3) is 0 Å². The Morgan fingerprint density at radius 3 is 2.94 bits per heavy atom. The molecule has 2 heterocycles. The first-order chi connectivity index (χ1) is 8.04. The van der Waals surface area contributed by atoms with E-state index in [1.807, 2.05) is 6.92 Å². The van der Waals surface area contributed by atoms with Gasteiger partial charge in [-0.05, 0) is 34.3 Å². The molecule has 0 radical (unpaired) electrons. The van der Waals surface area contributed by atoms with Crippen LogP contribution in [0.2, 0.25) is 5.15 Å². The average Bonchev–Trinajstić information content (AvgIpc) is 2.66. The fraction of sp³-hybridized carbons (Fsp3) is 0.455. The average molecular weight is 382 g/mol. The summed E-state index contributed by atoms with van der Waals surface area (Å²) >= 11 is 12.9. The largest absolute Gasteiger partial charge is 0.309 e. The van der Waals surface area contributed by atoms with Gasteiger partial charge in [-0.15, -0.1) is 0 Å². The Bertz CT molecular complexity index is 467. The number of carbonyl (C=O) groups is 1. The van der Waals surface area contributed by atoms with Gasteiger partial charge in [-0.25, -0.2) is 4.98 Å². The number of nitrogens with zero attached hydrogens (tertiary/aromatic N) is 2. The molecule has 0 aromatic carbocycles. The summed E-state index contributed by atoms with van der Waals surface area (Å²) in [6, 6.07) is 0. The Kier molecular flexibility index (Phi) is 4.10. The first-order valence-corrected chi connectivity index (χ1v) is 7.50. The second-order valence-corrected chi connectivity index (χ2v) is 5.96. The van der Waals surface area contributed by atoms with E-state index in [2.05, 4.69) is 36.8 Å². The van der Waals surface area contributed by atoms with Crippen LogP contribution in [0, 0.1) is 12.8 Å². The molecule has 1 unspecified atom stereocenters. The molecule has 1 fully saturated rings. The van der Waals surface area contributed by atoms with E-state index >= 15 is 0 Å². The molecule has 0 N–H and O–H groups in total. The maximum absolute atomic E-state index is 12.0. The molecular weight excluding hydrogens is 371 g/mol. The second kappa shape index (κ2) is 5.24. The van der Waals surface area contributed by atoms with Crippen LogP contribution >= 0.6 is 43.5 Å². The summed E-state index contributed by atoms with van der Waals surface area (Å²) in [6.07, 6.45) is 2.22. The SMILES string of the molecule is Cc1c(Br)cnc(Cl)c1N1CC(CBr)CC1=O. The van der Waals surface area contributed by atoms with Crippen molar-refractivity contribution in [3.05, 3.63) is 21.4 Å². The minimum atomic E-state index is 0.111. The van der Waals surface area contributed by atoms with Crippen LogP contribution in [-0.2, 0) is 4.79 Å². The second-order valence-electron chi connectivity index (χ2n) is 4.10. The number of alkyl halides is 1. The number of aromatic nitrogens is 1. The van der Waals surface area contributed by atoms with Crippen molar-refractivity contribution in [1.29, 1.82) is 0 Å². The lowest BCUT2D eigenvalue weighted by atomic mass is 10.2. The van der Waals surface area contributed by atoms with E-state index in [9.17, 15) is 4.79 Å². The van der Waals surface area contributed by atoms with Crippen molar-refractivity contribution in [1.82, 2.24) is 4.98 Å². The summed E-state index contributed by atoms with van der Waals surface area (Å²) in [5.74, 6) is 0.455. The zero-order valence-corrected chi connectivity index (χ0v) is 13.1. The molecule has 1 atom stereocenters. The van der Waals surface area contributed by atoms with E-state index in [-0.39, 0.29) is 5.91 Å². The van der Waals surface area contributed by atoms with Crippen molar-refractivity contribution in [2.24, 2.45) is 5.92 Å². The Morgan fingerprint density at radius 2 is 2.35 bits per heavy atom. The Hall–Kier alpha value is -0.130. The number of hydrogen-bond acceptors (Lipinski definition) is 2. The molecule has 3 nitrogen and oxygen atoms in total. The zero-order valence-electron chi connectivity index (χ0n) is 9.21. The van der Waals surface area contributed by atoms with Crippen molar-refractivity contribution >= 4 is 55.1 Å². The molecule has 17 heavy (non-hydrogen) atoms. The normalized spacial score (nSPS) is 20.1. The van der Waals surface area contributed by atoms with Gasteiger partial charge in [-0.1, -0.05) is 27.5 Å². The summed E-state index contributed by atoms with van der Waals surface area (Å²) in [7, 11) is 0. The fourth-order valence-electron chi connectivity index (χ4n) is 1.95. The van der Waals surface area contributed by atoms with Gasteiger partial charge in [0.05, 0.1) is 5.69 Å². The highest BCUT2D eigenvalue weighted by Crippen LogP contribution is 2.36. The zero-order chi connectivity index (χ0) is 12.6. The molecule has 1 aromatic heterocycles. The molecule has 1 saturated heterocycles. The van der Waals surface area contributed by atoms with E-state index in [1.54, 1.807) is 11.1 Å². The molecule has 0 aliphatic carbocycles. The standard InChI is InChI=1S/C11H11Br2ClN2O/c1-6-8(13)4-15-11(14)10(6)16-5-7(3-12)2-9(16)17/h4,7H,2-3,5H2,1H3. The quantitative estimate of drug-likeness (QED) is 0.579. The molecule has 1 aromatic rings. The number of anilines is 1. The lowest BCUT2D eigenvalue weighted by molar-refractivity contribution is -0.117. The summed E-state index contributed by atoms with van der Waals surface area (Å²) in [6.45, 7) is 2.63. The fourth-order valence-corrected chi connectivity index (χ4v) is 2.97. The highest BCUT2D eigenvalue weighted by atomic mass is 79.9. The molecular formula is C11H11Br2ClN2O. The van der Waals surface area contributed by atoms with Crippen LogP contribution < -0.4 is 4.90 Å². The van der Waals surface area contributed by atoms with E-state index in [0.717, 1.165) is 21.1 Å². The third-order valence-corrected chi connectivity index (χ3v) is 4.89. The van der Waals surface area contributed by atoms with Gasteiger partial charge >= 0.3 is 0 Å². The highest BCUT2D eigenvalue weighted by Gasteiger charge is 2.32. The minimum absolute atomic E-state index is 0.111. The Labute approximate surface area is 122 Å². The third kappa shape index (κ3) is 2.51. The maximum atomic E-state index is 12.0. The van der Waals surface area contributed by atoms with E-state index in [4.69, 9.17) is 11.6 Å². The van der Waals surface area contributed by atoms with Crippen LogP contribution in [0.5, 0.6) is 0 Å². The third-order valence-electron chi connectivity index (χ3n) is 2.89. The van der Waals surface area contributed by atoms with Gasteiger partial charge in [0, 0.05) is 29.0 Å². The van der Waals surface area contributed by atoms with Gasteiger partial charge in [0.2, 0.25) is 5.91 Å². The number of pyridine rings is 1. The molecule has 6 heteroatoms. The van der Waals surface area contributed by atoms with E-state index in [1.165, 1.54) is 0 Å². The van der Waals surface area contributed by atoms with Crippen LogP contribution in [-0.4, -0.2) is 22.8 Å². The van der Waals surface area contributed by atoms with Crippen LogP contribution in [0.4, 0.5) is 5.69 Å². The van der Waals surface area contributed by atoms with Gasteiger partial charge in [-0.3, -0.25) is 4.79 Å². The van der Waals surface area contributed by atoms with Gasteiger partial charge in [0.1, 0.15) is 0 Å². The van der Waals surface area contributed by atoms with Crippen LogP contribution in [0.15, 0.2) is 10.7 Å². The number of carbonyl (C=O) groups excluding carboxylic acids is 1. The summed E-state index contributed by atoms with van der Waals surface area (Å²) in [5, 5.41) is 1.21. The predicted octanol–water partition coefficient (Wildman–Crippen LogP) is 3.55. The van der Waals surface area contributed by atoms with Crippen molar-refractivity contribution in [2.75, 3.05) is 16.8 Å². The summed E-state index contributed by atoms with van der Waals surface area (Å²) < 4.78 is 0.868. The molecule has 1 aliphatic rings. The topological polar surface area (TPSA) is 33.2 Å². The lowest BCUT2D eigenvalue weighted by Gasteiger charge is -2.20. The van der Waals surface area contributed by atoms with Gasteiger partial charge in [-0.2, -0.15) is 0 Å². The van der Waals surface area contributed by atoms with Crippen molar-refractivity contribution in [3.8, 4) is 0 Å². The molecule has 0 bridgehead atoms. The predicted molar refractivity (Wildman–Crippen MR) is 75.9 cm³/mol. The Balaban J connectivity index is 2.41. The Morgan fingerprint density at radius 1 is 1.65 bits per heavy atom. The first-order valence-electron chi connectivity index (χ1n) is 5.21. The smallest absolute Gasteiger partial charge is 0.227 e. The molecule has 92 valence electrons. The number of halogens is 3. The van der Waals surface area contributed by atoms with E-state index < -0.39 is 0 Å². The van der Waals surface area contributed by atoms with Crippen molar-refractivity contribution < 1.29 is 4.79 Å². The molecule has 2 rings (SSSR count). The maximum Gasteiger partial charge on any atom is 0.227 e. The van der Waals surface area contributed by atoms with Gasteiger partial charge < -0.3 is 4.90 Å². The first kappa shape index (κ1) is 13.3. The van der Waals surface area contributed by atoms with Crippen molar-refractivity contribution in [3.63, 3.8) is 0 Å². The minimum Gasteiger partial charge on any atom is -0.309 e. The summed E-state index contributed by atoms with van der Waals surface area (Å²) in [4.78, 5) is 17.8. The number of hydrogen-bond donors (Lipinski definition) is 0. The lowest BCUT2D eigenvalue weighted by Crippen LogP contribution is -2.26. The van der Waals surface area contributed by atoms with Gasteiger partial charge in [0.15, 0.2) is 5.15 Å². The van der Waals surface area contributed by atoms with Crippen LogP contribution in [0.25, 0.3) is 0 Å². The molecule has 0 saturated carbocycles. The number of rotatable bonds is 2. The van der Waals surface area contributed by atoms with Crippen LogP contribution in [0.1, 0.15) is 12.0 Å². The monoisotopic (exact) mass is 380 g/mol. The van der Waals surface area contributed by atoms with E-state index in [0.29, 0.717) is 24.0 Å². The molecule has 1 amide bonds. The molecule has 1 aliphatic heterocycles. The summed E-state index contributed by atoms with van der Waals surface area (Å²) in [5.41, 5.74) is 1.68. The molecule has 0 spiro atoms. The van der Waals surface area contributed by atoms with Crippen molar-refractivity contribution in [2.45, 2.75) is 13.3 Å².